The number of anilines is 3. The molecule has 0 saturated carbocycles. The van der Waals surface area contributed by atoms with Gasteiger partial charge in [-0.25, -0.2) is 0 Å². The smallest absolute Gasteiger partial charge is 0.136 e. The molecule has 0 aliphatic rings. The maximum absolute atomic E-state index is 6.25. The highest BCUT2D eigenvalue weighted by Gasteiger charge is 2.18. The van der Waals surface area contributed by atoms with Crippen molar-refractivity contribution < 1.29 is 4.42 Å². The predicted molar refractivity (Wildman–Crippen MR) is 212 cm³/mol. The first-order valence-corrected chi connectivity index (χ1v) is 17.1. The van der Waals surface area contributed by atoms with Gasteiger partial charge in [-0.3, -0.25) is 0 Å². The van der Waals surface area contributed by atoms with Crippen LogP contribution in [0.5, 0.6) is 0 Å². The quantitative estimate of drug-likeness (QED) is 0.175. The Kier molecular flexibility index (Phi) is 6.53. The topological polar surface area (TPSA) is 16.4 Å². The number of para-hydroxylation sites is 1. The average molecular weight is 638 g/mol. The summed E-state index contributed by atoms with van der Waals surface area (Å²) >= 11 is 0. The summed E-state index contributed by atoms with van der Waals surface area (Å²) in [6, 6.07) is 67.6. The van der Waals surface area contributed by atoms with Crippen LogP contribution >= 0.6 is 0 Å². The molecule has 0 bridgehead atoms. The van der Waals surface area contributed by atoms with Crippen molar-refractivity contribution in [2.45, 2.75) is 0 Å². The SMILES string of the molecule is c1ccc(-c2ccc(N(c3ccc4cc(-c5ccccc5)ccc4c3)c3cccc4c3ccc3cc5oc6ccccc6c5cc34)cc2)cc1. The van der Waals surface area contributed by atoms with Crippen molar-refractivity contribution in [3.8, 4) is 22.3 Å². The molecule has 0 aliphatic heterocycles. The Balaban J connectivity index is 1.16. The van der Waals surface area contributed by atoms with Gasteiger partial charge in [0, 0.05) is 27.5 Å². The predicted octanol–water partition coefficient (Wildman–Crippen LogP) is 13.8. The van der Waals surface area contributed by atoms with Crippen LogP contribution in [0.25, 0.3) is 76.5 Å². The second-order valence-electron chi connectivity index (χ2n) is 13.0. The second kappa shape index (κ2) is 11.5. The van der Waals surface area contributed by atoms with Crippen LogP contribution in [0.1, 0.15) is 0 Å². The Hall–Kier alpha value is -6.64. The van der Waals surface area contributed by atoms with Crippen molar-refractivity contribution in [2.24, 2.45) is 0 Å². The molecule has 10 aromatic rings. The molecule has 9 aromatic carbocycles. The van der Waals surface area contributed by atoms with Crippen molar-refractivity contribution in [1.82, 2.24) is 0 Å². The lowest BCUT2D eigenvalue weighted by Crippen LogP contribution is -2.10. The van der Waals surface area contributed by atoms with E-state index in [1.54, 1.807) is 0 Å². The summed E-state index contributed by atoms with van der Waals surface area (Å²) in [4.78, 5) is 2.40. The number of furan rings is 1. The van der Waals surface area contributed by atoms with Crippen molar-refractivity contribution in [3.63, 3.8) is 0 Å². The van der Waals surface area contributed by atoms with Gasteiger partial charge in [0.2, 0.25) is 0 Å². The Labute approximate surface area is 290 Å². The van der Waals surface area contributed by atoms with Gasteiger partial charge in [-0.05, 0) is 104 Å². The second-order valence-corrected chi connectivity index (χ2v) is 13.0. The molecule has 0 radical (unpaired) electrons. The van der Waals surface area contributed by atoms with Crippen LogP contribution in [0.15, 0.2) is 192 Å². The van der Waals surface area contributed by atoms with Gasteiger partial charge in [0.25, 0.3) is 0 Å². The molecule has 2 nitrogen and oxygen atoms in total. The van der Waals surface area contributed by atoms with Gasteiger partial charge < -0.3 is 9.32 Å². The molecule has 1 heterocycles. The number of benzene rings is 9. The summed E-state index contributed by atoms with van der Waals surface area (Å²) in [5.41, 5.74) is 10.0. The van der Waals surface area contributed by atoms with Crippen LogP contribution in [0.2, 0.25) is 0 Å². The lowest BCUT2D eigenvalue weighted by atomic mass is 9.97. The van der Waals surface area contributed by atoms with Crippen LogP contribution in [0, 0.1) is 0 Å². The first-order chi connectivity index (χ1) is 24.8. The fourth-order valence-corrected chi connectivity index (χ4v) is 7.53. The summed E-state index contributed by atoms with van der Waals surface area (Å²) < 4.78 is 6.25. The van der Waals surface area contributed by atoms with Gasteiger partial charge in [0.05, 0.1) is 5.69 Å². The Bertz CT molecular complexity index is 2850. The summed E-state index contributed by atoms with van der Waals surface area (Å²) in [7, 11) is 0. The average Bonchev–Trinajstić information content (AvgIpc) is 3.55. The summed E-state index contributed by atoms with van der Waals surface area (Å²) in [6.45, 7) is 0. The molecule has 50 heavy (non-hydrogen) atoms. The zero-order valence-electron chi connectivity index (χ0n) is 27.3. The molecule has 0 atom stereocenters. The molecule has 0 aliphatic carbocycles. The molecule has 0 saturated heterocycles. The minimum atomic E-state index is 0.917. The maximum atomic E-state index is 6.25. The molecular formula is C48H31NO. The first kappa shape index (κ1) is 28.4. The van der Waals surface area contributed by atoms with E-state index >= 15 is 0 Å². The van der Waals surface area contributed by atoms with Crippen LogP contribution in [-0.2, 0) is 0 Å². The van der Waals surface area contributed by atoms with E-state index in [1.807, 2.05) is 12.1 Å². The van der Waals surface area contributed by atoms with Crippen LogP contribution < -0.4 is 4.90 Å². The first-order valence-electron chi connectivity index (χ1n) is 17.1. The summed E-state index contributed by atoms with van der Waals surface area (Å²) in [5, 5.41) is 9.50. The van der Waals surface area contributed by atoms with E-state index < -0.39 is 0 Å². The highest BCUT2D eigenvalue weighted by atomic mass is 16.3. The molecule has 1 aromatic heterocycles. The minimum Gasteiger partial charge on any atom is -0.456 e. The summed E-state index contributed by atoms with van der Waals surface area (Å²) in [5.74, 6) is 0. The molecule has 234 valence electrons. The molecule has 0 N–H and O–H groups in total. The highest BCUT2D eigenvalue weighted by Crippen LogP contribution is 2.43. The maximum Gasteiger partial charge on any atom is 0.136 e. The van der Waals surface area contributed by atoms with Gasteiger partial charge in [-0.1, -0.05) is 133 Å². The molecule has 2 heteroatoms. The van der Waals surface area contributed by atoms with E-state index in [1.165, 1.54) is 54.6 Å². The fourth-order valence-electron chi connectivity index (χ4n) is 7.53. The number of hydrogen-bond donors (Lipinski definition) is 0. The van der Waals surface area contributed by atoms with Gasteiger partial charge in [0.1, 0.15) is 11.2 Å². The molecule has 10 rings (SSSR count). The third-order valence-electron chi connectivity index (χ3n) is 10.0. The molecular weight excluding hydrogens is 607 g/mol. The van der Waals surface area contributed by atoms with Gasteiger partial charge in [-0.2, -0.15) is 0 Å². The van der Waals surface area contributed by atoms with Crippen LogP contribution in [-0.4, -0.2) is 0 Å². The van der Waals surface area contributed by atoms with Crippen molar-refractivity contribution in [2.75, 3.05) is 4.90 Å². The molecule has 0 unspecified atom stereocenters. The van der Waals surface area contributed by atoms with E-state index in [0.717, 1.165) is 39.0 Å². The summed E-state index contributed by atoms with van der Waals surface area (Å²) in [6.07, 6.45) is 0. The van der Waals surface area contributed by atoms with Gasteiger partial charge in [-0.15, -0.1) is 0 Å². The number of fused-ring (bicyclic) bond motifs is 7. The van der Waals surface area contributed by atoms with Crippen LogP contribution in [0.3, 0.4) is 0 Å². The van der Waals surface area contributed by atoms with E-state index in [2.05, 4.69) is 181 Å². The molecule has 0 fully saturated rings. The lowest BCUT2D eigenvalue weighted by molar-refractivity contribution is 0.669. The normalized spacial score (nSPS) is 11.6. The standard InChI is InChI=1S/C48H31NO/c1-3-10-32(11-4-1)34-20-24-39(25-21-34)49(40-26-22-36-28-35(18-19-37(36)29-40)33-12-5-2-6-13-33)46-16-9-15-41-42(46)27-23-38-30-48-45(31-44(38)41)43-14-7-8-17-47(43)50-48/h1-31H. The van der Waals surface area contributed by atoms with E-state index in [0.29, 0.717) is 0 Å². The van der Waals surface area contributed by atoms with Gasteiger partial charge >= 0.3 is 0 Å². The molecule has 0 amide bonds. The third kappa shape index (κ3) is 4.73. The Morgan fingerprint density at radius 2 is 0.920 bits per heavy atom. The van der Waals surface area contributed by atoms with Crippen molar-refractivity contribution in [3.05, 3.63) is 188 Å². The Morgan fingerprint density at radius 1 is 0.300 bits per heavy atom. The minimum absolute atomic E-state index is 0.917. The number of hydrogen-bond acceptors (Lipinski definition) is 2. The van der Waals surface area contributed by atoms with Crippen LogP contribution in [0.4, 0.5) is 17.1 Å². The van der Waals surface area contributed by atoms with E-state index in [-0.39, 0.29) is 0 Å². The zero-order valence-corrected chi connectivity index (χ0v) is 27.3. The zero-order chi connectivity index (χ0) is 33.0. The van der Waals surface area contributed by atoms with E-state index in [4.69, 9.17) is 4.42 Å². The number of nitrogens with zero attached hydrogens (tertiary/aromatic N) is 1. The molecule has 0 spiro atoms. The van der Waals surface area contributed by atoms with E-state index in [9.17, 15) is 0 Å². The number of rotatable bonds is 5. The Morgan fingerprint density at radius 3 is 1.74 bits per heavy atom. The van der Waals surface area contributed by atoms with Crippen molar-refractivity contribution in [1.29, 1.82) is 0 Å². The lowest BCUT2D eigenvalue weighted by Gasteiger charge is -2.27. The monoisotopic (exact) mass is 637 g/mol. The largest absolute Gasteiger partial charge is 0.456 e. The van der Waals surface area contributed by atoms with Gasteiger partial charge in [0.15, 0.2) is 0 Å². The highest BCUT2D eigenvalue weighted by molar-refractivity contribution is 6.18. The van der Waals surface area contributed by atoms with Crippen molar-refractivity contribution >= 4 is 71.3 Å². The third-order valence-corrected chi connectivity index (χ3v) is 10.0. The fraction of sp³-hybridized carbons (Fsp3) is 0.